The number of amides is 2. The predicted molar refractivity (Wildman–Crippen MR) is 160 cm³/mol. The first-order valence-corrected chi connectivity index (χ1v) is 14.9. The van der Waals surface area contributed by atoms with Gasteiger partial charge in [-0.1, -0.05) is 0 Å². The fourth-order valence-electron chi connectivity index (χ4n) is 6.68. The van der Waals surface area contributed by atoms with Crippen LogP contribution in [0.3, 0.4) is 0 Å². The van der Waals surface area contributed by atoms with E-state index in [0.29, 0.717) is 55.5 Å². The molecule has 2 saturated carbocycles. The van der Waals surface area contributed by atoms with Gasteiger partial charge >= 0.3 is 11.9 Å². The van der Waals surface area contributed by atoms with Gasteiger partial charge in [-0.15, -0.1) is 0 Å². The molecule has 2 aromatic carbocycles. The zero-order valence-corrected chi connectivity index (χ0v) is 26.3. The van der Waals surface area contributed by atoms with Crippen molar-refractivity contribution in [1.82, 2.24) is 9.80 Å². The van der Waals surface area contributed by atoms with Crippen LogP contribution in [0.15, 0.2) is 36.4 Å². The third kappa shape index (κ3) is 5.85. The average Bonchev–Trinajstić information content (AvgIpc) is 3.98. The van der Waals surface area contributed by atoms with E-state index in [1.54, 1.807) is 56.4 Å². The number of carbonyl (C=O) groups excluding carboxylic acids is 3. The molecular formula is C33H40N2O10. The van der Waals surface area contributed by atoms with Crippen molar-refractivity contribution in [1.29, 1.82) is 0 Å². The normalized spacial score (nSPS) is 21.7. The summed E-state index contributed by atoms with van der Waals surface area (Å²) in [4.78, 5) is 52.0. The Hall–Kier alpha value is -4.48. The van der Waals surface area contributed by atoms with E-state index >= 15 is 0 Å². The molecule has 2 spiro atoms. The molecule has 0 aromatic heterocycles. The van der Waals surface area contributed by atoms with Gasteiger partial charge in [-0.2, -0.15) is 0 Å². The van der Waals surface area contributed by atoms with Crippen molar-refractivity contribution in [3.63, 3.8) is 0 Å². The van der Waals surface area contributed by atoms with Crippen LogP contribution < -0.4 is 18.9 Å². The molecule has 2 heterocycles. The number of benzene rings is 2. The molecular weight excluding hydrogens is 584 g/mol. The first kappa shape index (κ1) is 31.9. The number of carboxylic acids is 1. The molecule has 2 aliphatic carbocycles. The summed E-state index contributed by atoms with van der Waals surface area (Å²) in [5.41, 5.74) is 0.569. The number of carboxylic acid groups (broad SMARTS) is 1. The fourth-order valence-corrected chi connectivity index (χ4v) is 6.68. The van der Waals surface area contributed by atoms with Gasteiger partial charge in [0.1, 0.15) is 23.0 Å². The lowest BCUT2D eigenvalue weighted by Crippen LogP contribution is -2.27. The zero-order chi connectivity index (χ0) is 32.5. The third-order valence-electron chi connectivity index (χ3n) is 9.64. The second-order valence-electron chi connectivity index (χ2n) is 12.0. The fraction of sp³-hybridized carbons (Fsp3) is 0.515. The molecule has 4 fully saturated rings. The lowest BCUT2D eigenvalue weighted by atomic mass is 9.92. The minimum Gasteiger partial charge on any atom is -0.497 e. The summed E-state index contributed by atoms with van der Waals surface area (Å²) in [6.45, 7) is 1.45. The van der Waals surface area contributed by atoms with Crippen LogP contribution in [0.4, 0.5) is 0 Å². The monoisotopic (exact) mass is 624 g/mol. The highest BCUT2D eigenvalue weighted by atomic mass is 16.5. The first-order chi connectivity index (χ1) is 21.6. The molecule has 6 rings (SSSR count). The molecule has 2 amide bonds. The molecule has 45 heavy (non-hydrogen) atoms. The molecule has 4 aliphatic rings. The van der Waals surface area contributed by atoms with Crippen molar-refractivity contribution in [2.24, 2.45) is 22.7 Å². The Balaban J connectivity index is 0.000000178. The molecule has 2 aromatic rings. The van der Waals surface area contributed by atoms with Crippen LogP contribution in [0, 0.1) is 22.7 Å². The van der Waals surface area contributed by atoms with Crippen molar-refractivity contribution >= 4 is 23.8 Å². The van der Waals surface area contributed by atoms with E-state index in [1.165, 1.54) is 7.11 Å². The smallest absolute Gasteiger partial charge is 0.311 e. The van der Waals surface area contributed by atoms with Gasteiger partial charge in [-0.3, -0.25) is 19.2 Å². The molecule has 12 heteroatoms. The summed E-state index contributed by atoms with van der Waals surface area (Å²) in [7, 11) is 7.69. The van der Waals surface area contributed by atoms with Gasteiger partial charge in [-0.05, 0) is 49.9 Å². The SMILES string of the molecule is COC(=O)C1CN(Cc2ccc(OC)cc2OC)C(=O)C12CC2.COc1ccc(CN2CC(C(=O)O)C3(CC3)C2=O)c(OC)c1. The minimum atomic E-state index is -0.880. The van der Waals surface area contributed by atoms with Crippen molar-refractivity contribution in [2.45, 2.75) is 38.8 Å². The number of likely N-dealkylation sites (tertiary alicyclic amines) is 2. The molecule has 242 valence electrons. The van der Waals surface area contributed by atoms with Gasteiger partial charge in [0, 0.05) is 49.4 Å². The summed E-state index contributed by atoms with van der Waals surface area (Å²) in [5.74, 6) is 0.561. The Morgan fingerprint density at radius 3 is 1.47 bits per heavy atom. The molecule has 0 bridgehead atoms. The molecule has 2 atom stereocenters. The molecule has 12 nitrogen and oxygen atoms in total. The number of nitrogens with zero attached hydrogens (tertiary/aromatic N) is 2. The molecule has 2 unspecified atom stereocenters. The van der Waals surface area contributed by atoms with E-state index in [-0.39, 0.29) is 30.2 Å². The minimum absolute atomic E-state index is 0.0437. The Morgan fingerprint density at radius 2 is 1.13 bits per heavy atom. The van der Waals surface area contributed by atoms with E-state index < -0.39 is 22.7 Å². The Morgan fingerprint density at radius 1 is 0.711 bits per heavy atom. The largest absolute Gasteiger partial charge is 0.497 e. The lowest BCUT2D eigenvalue weighted by molar-refractivity contribution is -0.148. The summed E-state index contributed by atoms with van der Waals surface area (Å²) in [6, 6.07) is 10.9. The maximum atomic E-state index is 12.7. The Kier molecular flexibility index (Phi) is 8.86. The Labute approximate surface area is 262 Å². The van der Waals surface area contributed by atoms with Crippen LogP contribution in [0.1, 0.15) is 36.8 Å². The van der Waals surface area contributed by atoms with Gasteiger partial charge in [0.25, 0.3) is 0 Å². The molecule has 0 radical (unpaired) electrons. The second kappa shape index (κ2) is 12.5. The van der Waals surface area contributed by atoms with Crippen molar-refractivity contribution < 1.29 is 48.0 Å². The first-order valence-electron chi connectivity index (χ1n) is 14.9. The standard InChI is InChI=1S/C17H21NO5.C16H19NO5/c1-21-12-5-4-11(14(8-12)22-2)9-18-10-13(15(19)23-3)17(6-7-17)16(18)20;1-21-11-4-3-10(13(7-11)22-2)8-17-9-12(14(18)19)16(5-6-16)15(17)20/h4-5,8,13H,6-7,9-10H2,1-3H3;3-4,7,12H,5-6,8-9H2,1-2H3,(H,18,19). The summed E-state index contributed by atoms with van der Waals surface area (Å²) >= 11 is 0. The van der Waals surface area contributed by atoms with E-state index in [1.807, 2.05) is 18.2 Å². The zero-order valence-electron chi connectivity index (χ0n) is 26.3. The topological polar surface area (TPSA) is 141 Å². The molecule has 1 N–H and O–H groups in total. The maximum Gasteiger partial charge on any atom is 0.311 e. The summed E-state index contributed by atoms with van der Waals surface area (Å²) in [5, 5.41) is 9.34. The summed E-state index contributed by atoms with van der Waals surface area (Å²) in [6.07, 6.45) is 2.89. The highest BCUT2D eigenvalue weighted by molar-refractivity contribution is 5.95. The van der Waals surface area contributed by atoms with Crippen molar-refractivity contribution in [3.8, 4) is 23.0 Å². The number of esters is 1. The van der Waals surface area contributed by atoms with Crippen LogP contribution in [0.5, 0.6) is 23.0 Å². The van der Waals surface area contributed by atoms with Gasteiger partial charge in [0.15, 0.2) is 0 Å². The van der Waals surface area contributed by atoms with Crippen molar-refractivity contribution in [3.05, 3.63) is 47.5 Å². The van der Waals surface area contributed by atoms with Gasteiger partial charge < -0.3 is 38.6 Å². The van der Waals surface area contributed by atoms with Crippen LogP contribution in [-0.2, 0) is 37.0 Å². The van der Waals surface area contributed by atoms with Gasteiger partial charge in [0.2, 0.25) is 11.8 Å². The van der Waals surface area contributed by atoms with Crippen LogP contribution in [0.25, 0.3) is 0 Å². The highest BCUT2D eigenvalue weighted by Crippen LogP contribution is 2.58. The number of aliphatic carboxylic acids is 1. The van der Waals surface area contributed by atoms with Crippen LogP contribution >= 0.6 is 0 Å². The van der Waals surface area contributed by atoms with Crippen LogP contribution in [0.2, 0.25) is 0 Å². The number of ether oxygens (including phenoxy) is 5. The third-order valence-corrected chi connectivity index (χ3v) is 9.64. The Bertz CT molecular complexity index is 1480. The number of carbonyl (C=O) groups is 4. The maximum absolute atomic E-state index is 12.7. The van der Waals surface area contributed by atoms with Gasteiger partial charge in [0.05, 0.1) is 58.2 Å². The van der Waals surface area contributed by atoms with E-state index in [0.717, 1.165) is 24.0 Å². The average molecular weight is 625 g/mol. The number of hydrogen-bond acceptors (Lipinski definition) is 9. The number of hydrogen-bond donors (Lipinski definition) is 1. The lowest BCUT2D eigenvalue weighted by Gasteiger charge is -2.18. The quantitative estimate of drug-likeness (QED) is 0.392. The highest BCUT2D eigenvalue weighted by Gasteiger charge is 2.65. The number of rotatable bonds is 10. The number of methoxy groups -OCH3 is 5. The van der Waals surface area contributed by atoms with E-state index in [4.69, 9.17) is 23.7 Å². The second-order valence-corrected chi connectivity index (χ2v) is 12.0. The summed E-state index contributed by atoms with van der Waals surface area (Å²) < 4.78 is 25.9. The van der Waals surface area contributed by atoms with Crippen LogP contribution in [-0.4, -0.2) is 87.3 Å². The van der Waals surface area contributed by atoms with E-state index in [9.17, 15) is 24.3 Å². The van der Waals surface area contributed by atoms with Gasteiger partial charge in [-0.25, -0.2) is 0 Å². The molecule has 2 saturated heterocycles. The van der Waals surface area contributed by atoms with E-state index in [2.05, 4.69) is 0 Å². The molecule has 2 aliphatic heterocycles. The van der Waals surface area contributed by atoms with Crippen molar-refractivity contribution in [2.75, 3.05) is 48.6 Å². The predicted octanol–water partition coefficient (Wildman–Crippen LogP) is 3.14.